The van der Waals surface area contributed by atoms with Crippen molar-refractivity contribution >= 4 is 57.6 Å². The summed E-state index contributed by atoms with van der Waals surface area (Å²) in [6.07, 6.45) is 2.55. The molecular weight excluding hydrogens is 323 g/mol. The Morgan fingerprint density at radius 2 is 2.11 bits per heavy atom. The van der Waals surface area contributed by atoms with E-state index in [0.29, 0.717) is 21.2 Å². The molecule has 1 aliphatic heterocycles. The van der Waals surface area contributed by atoms with E-state index in [1.807, 2.05) is 23.9 Å². The molecule has 1 aromatic heterocycles. The second-order valence-electron chi connectivity index (χ2n) is 4.66. The Morgan fingerprint density at radius 1 is 1.32 bits per heavy atom. The maximum absolute atomic E-state index is 6.12. The molecule has 1 atom stereocenters. The molecule has 0 bridgehead atoms. The molecule has 19 heavy (non-hydrogen) atoms. The monoisotopic (exact) mass is 334 g/mol. The third kappa shape index (κ3) is 2.71. The molecule has 2 nitrogen and oxygen atoms in total. The minimum absolute atomic E-state index is 0.404. The fourth-order valence-corrected chi connectivity index (χ4v) is 4.24. The lowest BCUT2D eigenvalue weighted by Crippen LogP contribution is -2.12. The van der Waals surface area contributed by atoms with Crippen LogP contribution in [-0.2, 0) is 12.4 Å². The Morgan fingerprint density at radius 3 is 2.79 bits per heavy atom. The first-order chi connectivity index (χ1) is 9.19. The van der Waals surface area contributed by atoms with Crippen LogP contribution in [0, 0.1) is 0 Å². The van der Waals surface area contributed by atoms with Gasteiger partial charge in [0, 0.05) is 11.8 Å². The molecule has 3 rings (SSSR count). The Balaban J connectivity index is 2.06. The number of benzene rings is 1. The van der Waals surface area contributed by atoms with E-state index in [1.165, 1.54) is 18.6 Å². The lowest BCUT2D eigenvalue weighted by Gasteiger charge is -2.13. The molecule has 0 amide bonds. The molecule has 1 saturated heterocycles. The summed E-state index contributed by atoms with van der Waals surface area (Å²) >= 11 is 20.2. The van der Waals surface area contributed by atoms with Gasteiger partial charge >= 0.3 is 0 Å². The van der Waals surface area contributed by atoms with Gasteiger partial charge in [0.2, 0.25) is 0 Å². The van der Waals surface area contributed by atoms with E-state index in [0.717, 1.165) is 23.4 Å². The first-order valence-corrected chi connectivity index (χ1v) is 8.54. The van der Waals surface area contributed by atoms with Gasteiger partial charge < -0.3 is 4.57 Å². The van der Waals surface area contributed by atoms with Crippen LogP contribution >= 0.6 is 46.6 Å². The van der Waals surface area contributed by atoms with Crippen LogP contribution < -0.4 is 0 Å². The van der Waals surface area contributed by atoms with Gasteiger partial charge in [0.1, 0.15) is 5.82 Å². The van der Waals surface area contributed by atoms with Crippen molar-refractivity contribution in [3.05, 3.63) is 28.0 Å². The SMILES string of the molecule is ClCc1nc2cc(Cl)c(Cl)cc2n1CC1CCCS1. The van der Waals surface area contributed by atoms with Crippen molar-refractivity contribution in [3.8, 4) is 0 Å². The second-order valence-corrected chi connectivity index (χ2v) is 7.15. The average molecular weight is 336 g/mol. The second kappa shape index (κ2) is 5.72. The average Bonchev–Trinajstić information content (AvgIpc) is 3.00. The van der Waals surface area contributed by atoms with Crippen molar-refractivity contribution in [2.45, 2.75) is 30.5 Å². The fourth-order valence-electron chi connectivity index (χ4n) is 2.47. The zero-order valence-corrected chi connectivity index (χ0v) is 13.3. The number of imidazole rings is 1. The number of hydrogen-bond acceptors (Lipinski definition) is 2. The Hall–Kier alpha value is -0.0900. The first-order valence-electron chi connectivity index (χ1n) is 6.21. The van der Waals surface area contributed by atoms with Crippen LogP contribution in [0.25, 0.3) is 11.0 Å². The summed E-state index contributed by atoms with van der Waals surface area (Å²) in [6, 6.07) is 3.70. The molecule has 0 N–H and O–H groups in total. The number of halogens is 3. The van der Waals surface area contributed by atoms with Gasteiger partial charge in [-0.2, -0.15) is 11.8 Å². The third-order valence-corrected chi connectivity index (χ3v) is 5.74. The summed E-state index contributed by atoms with van der Waals surface area (Å²) in [5, 5.41) is 1.75. The predicted octanol–water partition coefficient (Wildman–Crippen LogP) is 4.98. The first kappa shape index (κ1) is 13.9. The quantitative estimate of drug-likeness (QED) is 0.736. The van der Waals surface area contributed by atoms with Crippen LogP contribution in [0.4, 0.5) is 0 Å². The number of aromatic nitrogens is 2. The van der Waals surface area contributed by atoms with Gasteiger partial charge in [-0.1, -0.05) is 23.2 Å². The molecule has 1 aromatic carbocycles. The van der Waals surface area contributed by atoms with E-state index >= 15 is 0 Å². The topological polar surface area (TPSA) is 17.8 Å². The Bertz CT molecular complexity index is 605. The highest BCUT2D eigenvalue weighted by Crippen LogP contribution is 2.32. The van der Waals surface area contributed by atoms with E-state index in [1.54, 1.807) is 0 Å². The van der Waals surface area contributed by atoms with Gasteiger partial charge in [-0.15, -0.1) is 11.6 Å². The molecule has 1 aliphatic rings. The Kier molecular flexibility index (Phi) is 4.18. The van der Waals surface area contributed by atoms with E-state index in [-0.39, 0.29) is 0 Å². The fraction of sp³-hybridized carbons (Fsp3) is 0.462. The molecule has 2 aromatic rings. The zero-order valence-electron chi connectivity index (χ0n) is 10.2. The van der Waals surface area contributed by atoms with E-state index < -0.39 is 0 Å². The molecule has 1 fully saturated rings. The summed E-state index contributed by atoms with van der Waals surface area (Å²) in [7, 11) is 0. The Labute approximate surface area is 131 Å². The number of alkyl halides is 1. The van der Waals surface area contributed by atoms with Crippen molar-refractivity contribution in [3.63, 3.8) is 0 Å². The lowest BCUT2D eigenvalue weighted by molar-refractivity contribution is 0.634. The normalized spacial score (nSPS) is 19.4. The largest absolute Gasteiger partial charge is 0.326 e. The highest BCUT2D eigenvalue weighted by atomic mass is 35.5. The van der Waals surface area contributed by atoms with Crippen molar-refractivity contribution in [2.75, 3.05) is 5.75 Å². The van der Waals surface area contributed by atoms with Gasteiger partial charge in [-0.25, -0.2) is 4.98 Å². The minimum atomic E-state index is 0.404. The van der Waals surface area contributed by atoms with Gasteiger partial charge in [-0.05, 0) is 30.7 Å². The van der Waals surface area contributed by atoms with E-state index in [9.17, 15) is 0 Å². The maximum atomic E-state index is 6.12. The zero-order chi connectivity index (χ0) is 13.4. The van der Waals surface area contributed by atoms with Crippen molar-refractivity contribution in [1.82, 2.24) is 9.55 Å². The summed E-state index contributed by atoms with van der Waals surface area (Å²) in [5.74, 6) is 2.55. The van der Waals surface area contributed by atoms with Crippen molar-refractivity contribution in [2.24, 2.45) is 0 Å². The third-order valence-electron chi connectivity index (χ3n) is 3.40. The van der Waals surface area contributed by atoms with Crippen molar-refractivity contribution < 1.29 is 0 Å². The molecule has 0 aliphatic carbocycles. The number of hydrogen-bond donors (Lipinski definition) is 0. The highest BCUT2D eigenvalue weighted by Gasteiger charge is 2.20. The van der Waals surface area contributed by atoms with E-state index in [2.05, 4.69) is 9.55 Å². The summed E-state index contributed by atoms with van der Waals surface area (Å²) in [6.45, 7) is 0.946. The molecule has 0 saturated carbocycles. The number of thioether (sulfide) groups is 1. The summed E-state index contributed by atoms with van der Waals surface area (Å²) in [4.78, 5) is 4.55. The standard InChI is InChI=1S/C13H13Cl3N2S/c14-6-13-17-11-4-9(15)10(16)5-12(11)18(13)7-8-2-1-3-19-8/h4-5,8H,1-3,6-7H2. The molecule has 6 heteroatoms. The molecule has 102 valence electrons. The molecule has 0 radical (unpaired) electrons. The number of fused-ring (bicyclic) bond motifs is 1. The molecule has 0 spiro atoms. The molecule has 1 unspecified atom stereocenters. The lowest BCUT2D eigenvalue weighted by atomic mass is 10.2. The van der Waals surface area contributed by atoms with Gasteiger partial charge in [0.15, 0.2) is 0 Å². The summed E-state index contributed by atoms with van der Waals surface area (Å²) < 4.78 is 2.19. The van der Waals surface area contributed by atoms with Crippen LogP contribution in [0.5, 0.6) is 0 Å². The molecule has 2 heterocycles. The van der Waals surface area contributed by atoms with Crippen LogP contribution in [0.2, 0.25) is 10.0 Å². The predicted molar refractivity (Wildman–Crippen MR) is 84.8 cm³/mol. The van der Waals surface area contributed by atoms with Gasteiger partial charge in [0.05, 0.1) is 27.0 Å². The highest BCUT2D eigenvalue weighted by molar-refractivity contribution is 8.00. The van der Waals surface area contributed by atoms with E-state index in [4.69, 9.17) is 34.8 Å². The van der Waals surface area contributed by atoms with Crippen LogP contribution in [0.15, 0.2) is 12.1 Å². The molecular formula is C13H13Cl3N2S. The minimum Gasteiger partial charge on any atom is -0.326 e. The number of nitrogens with zero attached hydrogens (tertiary/aromatic N) is 2. The smallest absolute Gasteiger partial charge is 0.124 e. The van der Waals surface area contributed by atoms with Crippen LogP contribution in [0.1, 0.15) is 18.7 Å². The van der Waals surface area contributed by atoms with Gasteiger partial charge in [0.25, 0.3) is 0 Å². The van der Waals surface area contributed by atoms with Crippen LogP contribution in [-0.4, -0.2) is 20.6 Å². The van der Waals surface area contributed by atoms with Crippen LogP contribution in [0.3, 0.4) is 0 Å². The summed E-state index contributed by atoms with van der Waals surface area (Å²) in [5.41, 5.74) is 1.89. The maximum Gasteiger partial charge on any atom is 0.124 e. The van der Waals surface area contributed by atoms with Crippen molar-refractivity contribution in [1.29, 1.82) is 0 Å². The van der Waals surface area contributed by atoms with Gasteiger partial charge in [-0.3, -0.25) is 0 Å². The number of rotatable bonds is 3.